The number of benzene rings is 3. The van der Waals surface area contributed by atoms with E-state index in [2.05, 4.69) is 55.5 Å². The quantitative estimate of drug-likeness (QED) is 0.427. The maximum absolute atomic E-state index is 11.6. The van der Waals surface area contributed by atoms with E-state index in [4.69, 9.17) is 4.74 Å². The van der Waals surface area contributed by atoms with Gasteiger partial charge in [-0.05, 0) is 47.7 Å². The molecule has 0 heterocycles. The number of methoxy groups -OCH3 is 1. The van der Waals surface area contributed by atoms with E-state index in [0.29, 0.717) is 0 Å². The molecule has 2 nitrogen and oxygen atoms in total. The van der Waals surface area contributed by atoms with Crippen LogP contribution in [0.15, 0.2) is 72.8 Å². The topological polar surface area (TPSA) is 26.3 Å². The standard InChI is InChI=1S/C24H24O2/c1-4-18-8-10-20(11-9-18)24(22-6-5-7-23(16-22)26-3)21-14-12-19(13-15-21)17(2)25/h5-16,24H,4H2,1-3H3/t24-/m1/s1. The summed E-state index contributed by atoms with van der Waals surface area (Å²) >= 11 is 0. The molecule has 0 saturated heterocycles. The third-order valence-electron chi connectivity index (χ3n) is 4.80. The van der Waals surface area contributed by atoms with Crippen LogP contribution in [0.3, 0.4) is 0 Å². The smallest absolute Gasteiger partial charge is 0.159 e. The van der Waals surface area contributed by atoms with Crippen molar-refractivity contribution in [1.29, 1.82) is 0 Å². The van der Waals surface area contributed by atoms with Gasteiger partial charge in [0.15, 0.2) is 5.78 Å². The van der Waals surface area contributed by atoms with Crippen molar-refractivity contribution in [1.82, 2.24) is 0 Å². The van der Waals surface area contributed by atoms with Crippen LogP contribution in [-0.2, 0) is 6.42 Å². The Morgan fingerprint density at radius 2 is 1.50 bits per heavy atom. The molecule has 0 radical (unpaired) electrons. The van der Waals surface area contributed by atoms with Gasteiger partial charge >= 0.3 is 0 Å². The lowest BCUT2D eigenvalue weighted by Crippen LogP contribution is -2.05. The molecule has 0 aliphatic rings. The Labute approximate surface area is 155 Å². The molecule has 0 fully saturated rings. The average molecular weight is 344 g/mol. The van der Waals surface area contributed by atoms with Crippen molar-refractivity contribution in [2.24, 2.45) is 0 Å². The number of carbonyl (C=O) groups is 1. The normalized spacial score (nSPS) is 11.8. The van der Waals surface area contributed by atoms with Gasteiger partial charge in [-0.3, -0.25) is 4.79 Å². The van der Waals surface area contributed by atoms with Crippen molar-refractivity contribution in [3.63, 3.8) is 0 Å². The summed E-state index contributed by atoms with van der Waals surface area (Å²) in [5.41, 5.74) is 5.62. The summed E-state index contributed by atoms with van der Waals surface area (Å²) in [5, 5.41) is 0. The molecule has 0 spiro atoms. The minimum absolute atomic E-state index is 0.0850. The Kier molecular flexibility index (Phi) is 5.52. The largest absolute Gasteiger partial charge is 0.497 e. The van der Waals surface area contributed by atoms with Crippen LogP contribution in [0.25, 0.3) is 0 Å². The Balaban J connectivity index is 2.09. The lowest BCUT2D eigenvalue weighted by atomic mass is 9.84. The molecule has 0 saturated carbocycles. The fourth-order valence-corrected chi connectivity index (χ4v) is 3.25. The molecule has 0 aliphatic heterocycles. The van der Waals surface area contributed by atoms with Crippen molar-refractivity contribution in [3.8, 4) is 5.75 Å². The van der Waals surface area contributed by atoms with E-state index in [-0.39, 0.29) is 11.7 Å². The van der Waals surface area contributed by atoms with Crippen LogP contribution in [0.5, 0.6) is 5.75 Å². The minimum Gasteiger partial charge on any atom is -0.497 e. The number of ether oxygens (including phenoxy) is 1. The van der Waals surface area contributed by atoms with E-state index in [9.17, 15) is 4.79 Å². The van der Waals surface area contributed by atoms with Crippen LogP contribution < -0.4 is 4.74 Å². The van der Waals surface area contributed by atoms with Gasteiger partial charge < -0.3 is 4.74 Å². The number of hydrogen-bond donors (Lipinski definition) is 0. The van der Waals surface area contributed by atoms with E-state index < -0.39 is 0 Å². The van der Waals surface area contributed by atoms with E-state index in [1.807, 2.05) is 24.3 Å². The van der Waals surface area contributed by atoms with Crippen LogP contribution in [-0.4, -0.2) is 12.9 Å². The molecule has 1 atom stereocenters. The van der Waals surface area contributed by atoms with Crippen LogP contribution in [0.1, 0.15) is 52.4 Å². The zero-order valence-electron chi connectivity index (χ0n) is 15.5. The van der Waals surface area contributed by atoms with Crippen LogP contribution in [0.4, 0.5) is 0 Å². The summed E-state index contributed by atoms with van der Waals surface area (Å²) in [5.74, 6) is 1.02. The molecule has 26 heavy (non-hydrogen) atoms. The zero-order valence-corrected chi connectivity index (χ0v) is 15.5. The molecule has 3 rings (SSSR count). The Morgan fingerprint density at radius 1 is 0.885 bits per heavy atom. The Hall–Kier alpha value is -2.87. The molecule has 2 heteroatoms. The lowest BCUT2D eigenvalue weighted by Gasteiger charge is -2.20. The predicted octanol–water partition coefficient (Wildman–Crippen LogP) is 5.64. The van der Waals surface area contributed by atoms with Crippen LogP contribution in [0, 0.1) is 0 Å². The van der Waals surface area contributed by atoms with E-state index in [0.717, 1.165) is 23.3 Å². The molecule has 3 aromatic rings. The molecule has 0 bridgehead atoms. The minimum atomic E-state index is 0.0850. The third kappa shape index (κ3) is 3.85. The first-order chi connectivity index (χ1) is 12.6. The number of Topliss-reactive ketones (excluding diaryl/α,β-unsaturated/α-hetero) is 1. The highest BCUT2D eigenvalue weighted by Crippen LogP contribution is 2.34. The van der Waals surface area contributed by atoms with Crippen molar-refractivity contribution >= 4 is 5.78 Å². The number of hydrogen-bond acceptors (Lipinski definition) is 2. The van der Waals surface area contributed by atoms with Gasteiger partial charge in [-0.15, -0.1) is 0 Å². The maximum atomic E-state index is 11.6. The zero-order chi connectivity index (χ0) is 18.5. The molecule has 0 amide bonds. The van der Waals surface area contributed by atoms with Gasteiger partial charge in [-0.25, -0.2) is 0 Å². The second-order valence-electron chi connectivity index (χ2n) is 6.48. The van der Waals surface area contributed by atoms with E-state index >= 15 is 0 Å². The summed E-state index contributed by atoms with van der Waals surface area (Å²) in [4.78, 5) is 11.6. The van der Waals surface area contributed by atoms with Crippen molar-refractivity contribution in [2.45, 2.75) is 26.2 Å². The highest BCUT2D eigenvalue weighted by molar-refractivity contribution is 5.94. The molecule has 0 aromatic heterocycles. The molecular weight excluding hydrogens is 320 g/mol. The number of carbonyl (C=O) groups excluding carboxylic acids is 1. The lowest BCUT2D eigenvalue weighted by molar-refractivity contribution is 0.101. The number of ketones is 1. The van der Waals surface area contributed by atoms with Gasteiger partial charge in [-0.1, -0.05) is 67.6 Å². The highest BCUT2D eigenvalue weighted by atomic mass is 16.5. The molecule has 132 valence electrons. The molecule has 0 N–H and O–H groups in total. The first kappa shape index (κ1) is 17.9. The average Bonchev–Trinajstić information content (AvgIpc) is 2.69. The number of rotatable bonds is 6. The van der Waals surface area contributed by atoms with Crippen LogP contribution in [0.2, 0.25) is 0 Å². The fourth-order valence-electron chi connectivity index (χ4n) is 3.25. The monoisotopic (exact) mass is 344 g/mol. The Bertz CT molecular complexity index is 877. The summed E-state index contributed by atoms with van der Waals surface area (Å²) in [6.45, 7) is 3.76. The van der Waals surface area contributed by atoms with Crippen molar-refractivity contribution < 1.29 is 9.53 Å². The molecule has 3 aromatic carbocycles. The van der Waals surface area contributed by atoms with Gasteiger partial charge in [0, 0.05) is 11.5 Å². The first-order valence-corrected chi connectivity index (χ1v) is 8.96. The summed E-state index contributed by atoms with van der Waals surface area (Å²) in [6.07, 6.45) is 1.03. The van der Waals surface area contributed by atoms with Gasteiger partial charge in [-0.2, -0.15) is 0 Å². The van der Waals surface area contributed by atoms with Gasteiger partial charge in [0.05, 0.1) is 7.11 Å². The Morgan fingerprint density at radius 3 is 2.04 bits per heavy atom. The number of aryl methyl sites for hydroxylation is 1. The SMILES string of the molecule is CCc1ccc([C@H](c2ccc(C(C)=O)cc2)c2cccc(OC)c2)cc1. The maximum Gasteiger partial charge on any atom is 0.159 e. The molecule has 0 unspecified atom stereocenters. The first-order valence-electron chi connectivity index (χ1n) is 8.96. The van der Waals surface area contributed by atoms with Gasteiger partial charge in [0.1, 0.15) is 5.75 Å². The fraction of sp³-hybridized carbons (Fsp3) is 0.208. The van der Waals surface area contributed by atoms with Gasteiger partial charge in [0.25, 0.3) is 0 Å². The van der Waals surface area contributed by atoms with E-state index in [1.165, 1.54) is 16.7 Å². The van der Waals surface area contributed by atoms with Crippen molar-refractivity contribution in [3.05, 3.63) is 101 Å². The highest BCUT2D eigenvalue weighted by Gasteiger charge is 2.18. The summed E-state index contributed by atoms with van der Waals surface area (Å²) in [7, 11) is 1.69. The second-order valence-corrected chi connectivity index (χ2v) is 6.48. The van der Waals surface area contributed by atoms with E-state index in [1.54, 1.807) is 14.0 Å². The second kappa shape index (κ2) is 8.01. The van der Waals surface area contributed by atoms with Gasteiger partial charge in [0.2, 0.25) is 0 Å². The summed E-state index contributed by atoms with van der Waals surface area (Å²) < 4.78 is 5.42. The third-order valence-corrected chi connectivity index (χ3v) is 4.80. The summed E-state index contributed by atoms with van der Waals surface area (Å²) in [6, 6.07) is 24.9. The molecule has 0 aliphatic carbocycles. The van der Waals surface area contributed by atoms with Crippen LogP contribution >= 0.6 is 0 Å². The molecular formula is C24H24O2. The predicted molar refractivity (Wildman–Crippen MR) is 106 cm³/mol. The van der Waals surface area contributed by atoms with Crippen molar-refractivity contribution in [2.75, 3.05) is 7.11 Å².